The summed E-state index contributed by atoms with van der Waals surface area (Å²) in [5.41, 5.74) is 1.48. The van der Waals surface area contributed by atoms with E-state index < -0.39 is 0 Å². The van der Waals surface area contributed by atoms with Crippen molar-refractivity contribution in [2.75, 3.05) is 33.3 Å². The summed E-state index contributed by atoms with van der Waals surface area (Å²) in [4.78, 5) is 29.5. The van der Waals surface area contributed by atoms with E-state index in [2.05, 4.69) is 20.8 Å². The molecule has 2 amide bonds. The van der Waals surface area contributed by atoms with Crippen molar-refractivity contribution in [3.05, 3.63) is 29.8 Å². The van der Waals surface area contributed by atoms with Gasteiger partial charge in [0.2, 0.25) is 11.8 Å². The van der Waals surface area contributed by atoms with Crippen LogP contribution < -0.4 is 4.74 Å². The largest absolute Gasteiger partial charge is 0.497 e. The molecule has 1 aromatic carbocycles. The number of rotatable bonds is 5. The number of piperazine rings is 1. The number of carbonyl (C=O) groups excluding carboxylic acids is 2. The normalized spacial score (nSPS) is 22.7. The van der Waals surface area contributed by atoms with Gasteiger partial charge in [-0.1, -0.05) is 32.9 Å². The monoisotopic (exact) mass is 414 g/mol. The first-order chi connectivity index (χ1) is 14.3. The van der Waals surface area contributed by atoms with E-state index in [4.69, 9.17) is 4.74 Å². The number of benzene rings is 1. The number of methoxy groups -OCH3 is 1. The highest BCUT2D eigenvalue weighted by molar-refractivity contribution is 5.80. The highest BCUT2D eigenvalue weighted by Gasteiger charge is 2.35. The first-order valence-corrected chi connectivity index (χ1v) is 11.5. The molecule has 0 N–H and O–H groups in total. The first-order valence-electron chi connectivity index (χ1n) is 11.5. The number of nitrogens with zero attached hydrogens (tertiary/aromatic N) is 2. The second-order valence-corrected chi connectivity index (χ2v) is 9.97. The number of carbonyl (C=O) groups is 2. The average Bonchev–Trinajstić information content (AvgIpc) is 2.77. The van der Waals surface area contributed by atoms with Crippen molar-refractivity contribution < 1.29 is 14.3 Å². The van der Waals surface area contributed by atoms with Crippen molar-refractivity contribution in [1.29, 1.82) is 0 Å². The van der Waals surface area contributed by atoms with Crippen LogP contribution in [0.1, 0.15) is 58.4 Å². The minimum atomic E-state index is 0.181. The van der Waals surface area contributed by atoms with Crippen molar-refractivity contribution in [3.63, 3.8) is 0 Å². The van der Waals surface area contributed by atoms with Crippen LogP contribution in [0.4, 0.5) is 0 Å². The van der Waals surface area contributed by atoms with Gasteiger partial charge in [-0.15, -0.1) is 0 Å². The Kier molecular flexibility index (Phi) is 7.43. The molecule has 3 rings (SSSR count). The molecule has 0 radical (unpaired) electrons. The van der Waals surface area contributed by atoms with Gasteiger partial charge in [0.05, 0.1) is 7.11 Å². The maximum absolute atomic E-state index is 13.0. The van der Waals surface area contributed by atoms with Gasteiger partial charge in [-0.05, 0) is 61.1 Å². The molecule has 0 aromatic heterocycles. The Labute approximate surface area is 181 Å². The van der Waals surface area contributed by atoms with Crippen molar-refractivity contribution in [1.82, 2.24) is 9.80 Å². The molecule has 5 nitrogen and oxygen atoms in total. The lowest BCUT2D eigenvalue weighted by molar-refractivity contribution is -0.143. The predicted molar refractivity (Wildman–Crippen MR) is 119 cm³/mol. The first kappa shape index (κ1) is 22.6. The fourth-order valence-electron chi connectivity index (χ4n) is 4.84. The van der Waals surface area contributed by atoms with Gasteiger partial charge in [0.25, 0.3) is 0 Å². The Morgan fingerprint density at radius 1 is 0.933 bits per heavy atom. The number of hydrogen-bond donors (Lipinski definition) is 0. The van der Waals surface area contributed by atoms with E-state index in [9.17, 15) is 9.59 Å². The fourth-order valence-corrected chi connectivity index (χ4v) is 4.84. The van der Waals surface area contributed by atoms with Crippen LogP contribution in [0.25, 0.3) is 0 Å². The van der Waals surface area contributed by atoms with E-state index >= 15 is 0 Å². The molecule has 1 aromatic rings. The number of aryl methyl sites for hydroxylation is 1. The molecule has 1 heterocycles. The van der Waals surface area contributed by atoms with Gasteiger partial charge >= 0.3 is 0 Å². The van der Waals surface area contributed by atoms with Crippen LogP contribution in [0, 0.1) is 17.3 Å². The van der Waals surface area contributed by atoms with Crippen molar-refractivity contribution >= 4 is 11.8 Å². The summed E-state index contributed by atoms with van der Waals surface area (Å²) in [5, 5.41) is 0. The zero-order valence-corrected chi connectivity index (χ0v) is 19.2. The molecule has 0 spiro atoms. The minimum Gasteiger partial charge on any atom is -0.497 e. The summed E-state index contributed by atoms with van der Waals surface area (Å²) in [6, 6.07) is 7.88. The molecule has 30 heavy (non-hydrogen) atoms. The standard InChI is InChI=1S/C25H38N2O3/c1-25(2,3)21-10-8-20(9-11-21)24(29)27-17-15-26(16-18-27)23(28)14-7-19-5-12-22(30-4)13-6-19/h5-6,12-13,20-21H,7-11,14-18H2,1-4H3. The van der Waals surface area contributed by atoms with Crippen molar-refractivity contribution in [3.8, 4) is 5.75 Å². The Morgan fingerprint density at radius 3 is 2.03 bits per heavy atom. The second-order valence-electron chi connectivity index (χ2n) is 9.97. The van der Waals surface area contributed by atoms with Gasteiger partial charge in [0, 0.05) is 38.5 Å². The van der Waals surface area contributed by atoms with Crippen LogP contribution in [-0.2, 0) is 16.0 Å². The third kappa shape index (κ3) is 5.77. The maximum atomic E-state index is 13.0. The van der Waals surface area contributed by atoms with Crippen LogP contribution in [0.3, 0.4) is 0 Å². The van der Waals surface area contributed by atoms with Gasteiger partial charge < -0.3 is 14.5 Å². The Hall–Kier alpha value is -2.04. The number of ether oxygens (including phenoxy) is 1. The predicted octanol–water partition coefficient (Wildman–Crippen LogP) is 4.15. The minimum absolute atomic E-state index is 0.181. The SMILES string of the molecule is COc1ccc(CCC(=O)N2CCN(C(=O)C3CCC(C(C)(C)C)CC3)CC2)cc1. The molecule has 2 fully saturated rings. The van der Waals surface area contributed by atoms with Crippen LogP contribution in [-0.4, -0.2) is 54.9 Å². The van der Waals surface area contributed by atoms with E-state index in [0.29, 0.717) is 43.9 Å². The Balaban J connectivity index is 1.40. The van der Waals surface area contributed by atoms with E-state index in [1.54, 1.807) is 7.11 Å². The van der Waals surface area contributed by atoms with Gasteiger partial charge in [-0.2, -0.15) is 0 Å². The summed E-state index contributed by atoms with van der Waals surface area (Å²) in [6.07, 6.45) is 5.59. The lowest BCUT2D eigenvalue weighted by Gasteiger charge is -2.40. The van der Waals surface area contributed by atoms with Crippen LogP contribution in [0.5, 0.6) is 5.75 Å². The molecule has 2 aliphatic rings. The molecule has 0 atom stereocenters. The fraction of sp³-hybridized carbons (Fsp3) is 0.680. The van der Waals surface area contributed by atoms with Gasteiger partial charge in [-0.25, -0.2) is 0 Å². The molecule has 1 saturated heterocycles. The highest BCUT2D eigenvalue weighted by atomic mass is 16.5. The zero-order valence-electron chi connectivity index (χ0n) is 19.2. The second kappa shape index (κ2) is 9.84. The van der Waals surface area contributed by atoms with E-state index in [1.807, 2.05) is 34.1 Å². The van der Waals surface area contributed by atoms with E-state index in [-0.39, 0.29) is 11.8 Å². The average molecular weight is 415 g/mol. The molecule has 166 valence electrons. The Morgan fingerprint density at radius 2 is 1.50 bits per heavy atom. The van der Waals surface area contributed by atoms with Crippen molar-refractivity contribution in [2.45, 2.75) is 59.3 Å². The summed E-state index contributed by atoms with van der Waals surface area (Å²) in [6.45, 7) is 9.59. The van der Waals surface area contributed by atoms with Crippen molar-refractivity contribution in [2.24, 2.45) is 17.3 Å². The lowest BCUT2D eigenvalue weighted by Crippen LogP contribution is -2.52. The smallest absolute Gasteiger partial charge is 0.225 e. The third-order valence-electron chi connectivity index (χ3n) is 7.03. The molecular weight excluding hydrogens is 376 g/mol. The summed E-state index contributed by atoms with van der Waals surface area (Å²) >= 11 is 0. The Bertz CT molecular complexity index is 707. The molecule has 1 aliphatic carbocycles. The number of amides is 2. The highest BCUT2D eigenvalue weighted by Crippen LogP contribution is 2.40. The molecule has 1 saturated carbocycles. The van der Waals surface area contributed by atoms with Gasteiger partial charge in [0.15, 0.2) is 0 Å². The lowest BCUT2D eigenvalue weighted by atomic mass is 9.69. The topological polar surface area (TPSA) is 49.9 Å². The van der Waals surface area contributed by atoms with E-state index in [0.717, 1.165) is 49.3 Å². The summed E-state index contributed by atoms with van der Waals surface area (Å²) < 4.78 is 5.18. The third-order valence-corrected chi connectivity index (χ3v) is 7.03. The molecule has 0 bridgehead atoms. The summed E-state index contributed by atoms with van der Waals surface area (Å²) in [7, 11) is 1.65. The summed E-state index contributed by atoms with van der Waals surface area (Å²) in [5.74, 6) is 2.23. The van der Waals surface area contributed by atoms with Gasteiger partial charge in [0.1, 0.15) is 5.75 Å². The molecular formula is C25H38N2O3. The maximum Gasteiger partial charge on any atom is 0.225 e. The molecule has 1 aliphatic heterocycles. The van der Waals surface area contributed by atoms with Crippen LogP contribution in [0.15, 0.2) is 24.3 Å². The van der Waals surface area contributed by atoms with Crippen LogP contribution in [0.2, 0.25) is 0 Å². The molecule has 0 unspecified atom stereocenters. The van der Waals surface area contributed by atoms with Crippen LogP contribution >= 0.6 is 0 Å². The quantitative estimate of drug-likeness (QED) is 0.727. The van der Waals surface area contributed by atoms with Gasteiger partial charge in [-0.3, -0.25) is 9.59 Å². The zero-order chi connectivity index (χ0) is 21.7. The molecule has 5 heteroatoms. The van der Waals surface area contributed by atoms with E-state index in [1.165, 1.54) is 0 Å². The number of hydrogen-bond acceptors (Lipinski definition) is 3.